The van der Waals surface area contributed by atoms with Gasteiger partial charge in [0, 0.05) is 5.39 Å². The van der Waals surface area contributed by atoms with E-state index in [4.69, 9.17) is 10.5 Å². The third-order valence-electron chi connectivity index (χ3n) is 5.47. The molecule has 0 radical (unpaired) electrons. The van der Waals surface area contributed by atoms with Crippen LogP contribution in [0.5, 0.6) is 0 Å². The lowest BCUT2D eigenvalue weighted by molar-refractivity contribution is -0.144. The fourth-order valence-electron chi connectivity index (χ4n) is 3.90. The van der Waals surface area contributed by atoms with Crippen LogP contribution in [0, 0.1) is 5.92 Å². The summed E-state index contributed by atoms with van der Waals surface area (Å²) in [5.74, 6) is -4.41. The Morgan fingerprint density at radius 1 is 0.974 bits per heavy atom. The van der Waals surface area contributed by atoms with Gasteiger partial charge in [0.05, 0.1) is 5.69 Å². The van der Waals surface area contributed by atoms with Crippen molar-refractivity contribution in [2.75, 3.05) is 4.90 Å². The quantitative estimate of drug-likeness (QED) is 0.344. The van der Waals surface area contributed by atoms with E-state index < -0.39 is 53.5 Å². The number of amides is 4. The molecule has 0 aliphatic carbocycles. The number of carbonyl (C=O) groups is 5. The van der Waals surface area contributed by atoms with Crippen LogP contribution in [0.1, 0.15) is 48.0 Å². The lowest BCUT2D eigenvalue weighted by Crippen LogP contribution is -2.59. The van der Waals surface area contributed by atoms with Crippen LogP contribution in [0.4, 0.5) is 10.5 Å². The number of benzene rings is 2. The van der Waals surface area contributed by atoms with Crippen molar-refractivity contribution in [1.29, 1.82) is 0 Å². The van der Waals surface area contributed by atoms with Gasteiger partial charge in [-0.1, -0.05) is 50.2 Å². The number of hydrogen-bond acceptors (Lipinski definition) is 6. The summed E-state index contributed by atoms with van der Waals surface area (Å²) in [5, 5.41) is 16.1. The fourth-order valence-corrected chi connectivity index (χ4v) is 3.90. The number of primary amides is 1. The largest absolute Gasteiger partial charge is 0.479 e. The average Bonchev–Trinajstić information content (AvgIpc) is 2.79. The van der Waals surface area contributed by atoms with Gasteiger partial charge in [-0.25, -0.2) is 9.59 Å². The molecule has 38 heavy (non-hydrogen) atoms. The van der Waals surface area contributed by atoms with Gasteiger partial charge in [-0.15, -0.1) is 0 Å². The van der Waals surface area contributed by atoms with Crippen LogP contribution in [0.2, 0.25) is 0 Å². The zero-order chi connectivity index (χ0) is 28.8. The summed E-state index contributed by atoms with van der Waals surface area (Å²) in [7, 11) is 0. The normalized spacial score (nSPS) is 13.8. The van der Waals surface area contributed by atoms with Crippen molar-refractivity contribution in [3.63, 3.8) is 0 Å². The molecule has 0 unspecified atom stereocenters. The molecule has 0 fully saturated rings. The van der Waals surface area contributed by atoms with Gasteiger partial charge < -0.3 is 26.2 Å². The van der Waals surface area contributed by atoms with E-state index in [9.17, 15) is 29.1 Å². The van der Waals surface area contributed by atoms with Crippen molar-refractivity contribution in [3.05, 3.63) is 42.5 Å². The van der Waals surface area contributed by atoms with E-state index in [0.29, 0.717) is 10.8 Å². The molecule has 0 bridgehead atoms. The summed E-state index contributed by atoms with van der Waals surface area (Å²) in [4.78, 5) is 64.2. The van der Waals surface area contributed by atoms with E-state index in [-0.39, 0.29) is 18.0 Å². The van der Waals surface area contributed by atoms with Gasteiger partial charge in [0.15, 0.2) is 0 Å². The maximum absolute atomic E-state index is 13.7. The number of nitrogens with zero attached hydrogens (tertiary/aromatic N) is 1. The SMILES string of the molecule is CC(C)C[C@H](NC(=O)OC(C)(C)C)C(=O)N[C@@H](C)C(=O)N(c1cccc2ccccc12)[C@@H](C(N)=O)C(=O)O. The Labute approximate surface area is 221 Å². The lowest BCUT2D eigenvalue weighted by atomic mass is 10.0. The smallest absolute Gasteiger partial charge is 0.408 e. The molecule has 0 aromatic heterocycles. The van der Waals surface area contributed by atoms with Crippen LogP contribution < -0.4 is 21.3 Å². The number of alkyl carbamates (subject to hydrolysis) is 1. The van der Waals surface area contributed by atoms with E-state index >= 15 is 0 Å². The third-order valence-corrected chi connectivity index (χ3v) is 5.47. The fraction of sp³-hybridized carbons (Fsp3) is 0.444. The minimum Gasteiger partial charge on any atom is -0.479 e. The van der Waals surface area contributed by atoms with Crippen LogP contribution in [0.25, 0.3) is 10.8 Å². The number of fused-ring (bicyclic) bond motifs is 1. The van der Waals surface area contributed by atoms with Crippen LogP contribution in [0.15, 0.2) is 42.5 Å². The van der Waals surface area contributed by atoms with Crippen molar-refractivity contribution in [2.45, 2.75) is 71.7 Å². The highest BCUT2D eigenvalue weighted by Crippen LogP contribution is 2.29. The average molecular weight is 529 g/mol. The monoisotopic (exact) mass is 528 g/mol. The molecule has 0 spiro atoms. The molecule has 2 aromatic carbocycles. The molecule has 0 aliphatic heterocycles. The van der Waals surface area contributed by atoms with Crippen molar-refractivity contribution in [1.82, 2.24) is 10.6 Å². The Morgan fingerprint density at radius 2 is 1.58 bits per heavy atom. The molecule has 0 saturated carbocycles. The number of ether oxygens (including phenoxy) is 1. The van der Waals surface area contributed by atoms with Crippen molar-refractivity contribution in [2.24, 2.45) is 11.7 Å². The molecule has 0 aliphatic rings. The Balaban J connectivity index is 2.41. The van der Waals surface area contributed by atoms with Gasteiger partial charge in [0.1, 0.15) is 17.7 Å². The van der Waals surface area contributed by atoms with Crippen LogP contribution in [-0.2, 0) is 23.9 Å². The predicted molar refractivity (Wildman–Crippen MR) is 142 cm³/mol. The highest BCUT2D eigenvalue weighted by molar-refractivity contribution is 6.16. The number of carboxylic acids is 1. The van der Waals surface area contributed by atoms with Gasteiger partial charge >= 0.3 is 12.1 Å². The molecular weight excluding hydrogens is 492 g/mol. The first kappa shape index (κ1) is 30.1. The van der Waals surface area contributed by atoms with Crippen LogP contribution in [-0.4, -0.2) is 58.6 Å². The first-order valence-corrected chi connectivity index (χ1v) is 12.2. The number of carbonyl (C=O) groups excluding carboxylic acids is 4. The summed E-state index contributed by atoms with van der Waals surface area (Å²) in [6, 6.07) is 7.47. The van der Waals surface area contributed by atoms with E-state index in [1.165, 1.54) is 13.0 Å². The van der Waals surface area contributed by atoms with E-state index in [1.54, 1.807) is 57.2 Å². The molecule has 3 atom stereocenters. The van der Waals surface area contributed by atoms with Gasteiger partial charge in [0.2, 0.25) is 11.9 Å². The first-order valence-electron chi connectivity index (χ1n) is 12.2. The lowest BCUT2D eigenvalue weighted by Gasteiger charge is -2.31. The van der Waals surface area contributed by atoms with Crippen molar-refractivity contribution < 1.29 is 33.8 Å². The van der Waals surface area contributed by atoms with E-state index in [1.807, 2.05) is 13.8 Å². The second-order valence-corrected chi connectivity index (χ2v) is 10.4. The predicted octanol–water partition coefficient (Wildman–Crippen LogP) is 2.56. The summed E-state index contributed by atoms with van der Waals surface area (Å²) >= 11 is 0. The van der Waals surface area contributed by atoms with Gasteiger partial charge in [-0.05, 0) is 51.5 Å². The highest BCUT2D eigenvalue weighted by atomic mass is 16.6. The molecule has 2 rings (SSSR count). The van der Waals surface area contributed by atoms with Crippen LogP contribution >= 0.6 is 0 Å². The zero-order valence-electron chi connectivity index (χ0n) is 22.5. The molecule has 206 valence electrons. The Kier molecular flexibility index (Phi) is 9.81. The number of nitrogens with one attached hydrogen (secondary N) is 2. The zero-order valence-corrected chi connectivity index (χ0v) is 22.5. The number of anilines is 1. The minimum atomic E-state index is -2.03. The van der Waals surface area contributed by atoms with Crippen molar-refractivity contribution in [3.8, 4) is 0 Å². The van der Waals surface area contributed by atoms with E-state index in [0.717, 1.165) is 4.90 Å². The summed E-state index contributed by atoms with van der Waals surface area (Å²) in [5.41, 5.74) is 4.76. The van der Waals surface area contributed by atoms with E-state index in [2.05, 4.69) is 10.6 Å². The molecule has 2 aromatic rings. The topological polar surface area (TPSA) is 168 Å². The molecule has 11 nitrogen and oxygen atoms in total. The number of hydrogen-bond donors (Lipinski definition) is 4. The summed E-state index contributed by atoms with van der Waals surface area (Å²) < 4.78 is 5.25. The molecular formula is C27H36N4O7. The minimum absolute atomic E-state index is 0.00475. The maximum atomic E-state index is 13.7. The Hall–Kier alpha value is -4.15. The number of rotatable bonds is 10. The maximum Gasteiger partial charge on any atom is 0.408 e. The van der Waals surface area contributed by atoms with Crippen molar-refractivity contribution >= 4 is 46.2 Å². The van der Waals surface area contributed by atoms with Crippen LogP contribution in [0.3, 0.4) is 0 Å². The third kappa shape index (κ3) is 7.92. The standard InChI is InChI=1S/C27H36N4O7/c1-15(2)14-19(30-26(37)38-27(4,5)6)23(33)29-16(3)24(34)31(21(22(28)32)25(35)36)20-13-9-11-17-10-7-8-12-18(17)20/h7-13,15-16,19,21H,14H2,1-6H3,(H2,28,32)(H,29,33)(H,30,37)(H,35,36)/t16-,19-,21-/m0/s1. The number of carboxylic acid groups (broad SMARTS) is 1. The number of nitrogens with two attached hydrogens (primary N) is 1. The second-order valence-electron chi connectivity index (χ2n) is 10.4. The van der Waals surface area contributed by atoms with Gasteiger partial charge in [-0.3, -0.25) is 19.3 Å². The Bertz CT molecular complexity index is 1190. The second kappa shape index (κ2) is 12.4. The summed E-state index contributed by atoms with van der Waals surface area (Å²) in [6.45, 7) is 10.1. The Morgan fingerprint density at radius 3 is 2.13 bits per heavy atom. The molecule has 0 heterocycles. The molecule has 0 saturated heterocycles. The molecule has 5 N–H and O–H groups in total. The summed E-state index contributed by atoms with van der Waals surface area (Å²) in [6.07, 6.45) is -0.549. The highest BCUT2D eigenvalue weighted by Gasteiger charge is 2.39. The van der Waals surface area contributed by atoms with Gasteiger partial charge in [-0.2, -0.15) is 0 Å². The molecule has 4 amide bonds. The molecule has 11 heteroatoms. The first-order chi connectivity index (χ1) is 17.6. The van der Waals surface area contributed by atoms with Gasteiger partial charge in [0.25, 0.3) is 11.8 Å². The number of aliphatic carboxylic acids is 1.